The van der Waals surface area contributed by atoms with E-state index in [1.54, 1.807) is 23.1 Å². The van der Waals surface area contributed by atoms with E-state index < -0.39 is 0 Å². The minimum Gasteiger partial charge on any atom is -0.327 e. The van der Waals surface area contributed by atoms with E-state index in [4.69, 9.17) is 0 Å². The number of carbonyl (C=O) groups is 1. The first kappa shape index (κ1) is 14.8. The fourth-order valence-electron chi connectivity index (χ4n) is 2.95. The summed E-state index contributed by atoms with van der Waals surface area (Å²) in [6.45, 7) is 2.25. The molecular formula is C15H22N6O. The molecule has 2 aromatic heterocycles. The second-order valence-corrected chi connectivity index (χ2v) is 6.06. The van der Waals surface area contributed by atoms with Gasteiger partial charge in [0.2, 0.25) is 0 Å². The van der Waals surface area contributed by atoms with Crippen molar-refractivity contribution < 1.29 is 4.79 Å². The Kier molecular flexibility index (Phi) is 3.98. The summed E-state index contributed by atoms with van der Waals surface area (Å²) in [5.74, 6) is -0.0119. The molecule has 0 spiro atoms. The molecule has 0 unspecified atom stereocenters. The van der Waals surface area contributed by atoms with Crippen molar-refractivity contribution in [2.75, 3.05) is 20.6 Å². The molecule has 7 nitrogen and oxygen atoms in total. The molecule has 3 heterocycles. The molecule has 118 valence electrons. The molecule has 0 aliphatic carbocycles. The van der Waals surface area contributed by atoms with Gasteiger partial charge in [-0.05, 0) is 32.6 Å². The third-order valence-corrected chi connectivity index (χ3v) is 4.02. The Hall–Kier alpha value is -2.15. The molecule has 7 heteroatoms. The normalized spacial score (nSPS) is 18.4. The van der Waals surface area contributed by atoms with E-state index in [9.17, 15) is 4.79 Å². The lowest BCUT2D eigenvalue weighted by Crippen LogP contribution is -2.44. The molecule has 0 aromatic carbocycles. The average molecular weight is 302 g/mol. The molecule has 1 amide bonds. The van der Waals surface area contributed by atoms with Gasteiger partial charge in [-0.3, -0.25) is 14.2 Å². The highest BCUT2D eigenvalue weighted by molar-refractivity contribution is 5.92. The number of likely N-dealkylation sites (N-methyl/N-ethyl adjacent to an activating group) is 1. The van der Waals surface area contributed by atoms with Gasteiger partial charge in [0.25, 0.3) is 5.91 Å². The van der Waals surface area contributed by atoms with E-state index in [-0.39, 0.29) is 11.9 Å². The quantitative estimate of drug-likeness (QED) is 0.833. The summed E-state index contributed by atoms with van der Waals surface area (Å²) < 4.78 is 3.66. The number of rotatable bonds is 3. The first-order chi connectivity index (χ1) is 10.5. The molecule has 0 saturated heterocycles. The van der Waals surface area contributed by atoms with Gasteiger partial charge in [-0.1, -0.05) is 0 Å². The molecule has 2 aromatic rings. The van der Waals surface area contributed by atoms with Gasteiger partial charge in [-0.2, -0.15) is 10.2 Å². The van der Waals surface area contributed by atoms with E-state index in [1.807, 2.05) is 36.8 Å². The van der Waals surface area contributed by atoms with Crippen LogP contribution in [0.15, 0.2) is 24.5 Å². The highest BCUT2D eigenvalue weighted by Crippen LogP contribution is 2.20. The Morgan fingerprint density at radius 2 is 2.23 bits per heavy atom. The number of carbonyl (C=O) groups excluding carboxylic acids is 1. The summed E-state index contributed by atoms with van der Waals surface area (Å²) in [6, 6.07) is 3.92. The van der Waals surface area contributed by atoms with Gasteiger partial charge >= 0.3 is 0 Å². The van der Waals surface area contributed by atoms with Crippen LogP contribution in [0, 0.1) is 0 Å². The Morgan fingerprint density at radius 3 is 2.91 bits per heavy atom. The van der Waals surface area contributed by atoms with Crippen molar-refractivity contribution in [1.82, 2.24) is 29.4 Å². The molecular weight excluding hydrogens is 280 g/mol. The predicted molar refractivity (Wildman–Crippen MR) is 82.3 cm³/mol. The zero-order chi connectivity index (χ0) is 15.7. The molecule has 0 fully saturated rings. The molecule has 22 heavy (non-hydrogen) atoms. The van der Waals surface area contributed by atoms with Crippen LogP contribution >= 0.6 is 0 Å². The molecule has 3 rings (SSSR count). The molecule has 1 atom stereocenters. The first-order valence-corrected chi connectivity index (χ1v) is 7.50. The fraction of sp³-hybridized carbons (Fsp3) is 0.533. The summed E-state index contributed by atoms with van der Waals surface area (Å²) in [7, 11) is 5.89. The average Bonchev–Trinajstić information content (AvgIpc) is 3.05. The van der Waals surface area contributed by atoms with Gasteiger partial charge in [0.1, 0.15) is 5.69 Å². The van der Waals surface area contributed by atoms with E-state index in [0.29, 0.717) is 12.2 Å². The summed E-state index contributed by atoms with van der Waals surface area (Å²) >= 11 is 0. The topological polar surface area (TPSA) is 59.2 Å². The van der Waals surface area contributed by atoms with Crippen molar-refractivity contribution in [3.05, 3.63) is 35.9 Å². The molecule has 0 bridgehead atoms. The van der Waals surface area contributed by atoms with Crippen LogP contribution in [-0.4, -0.2) is 61.9 Å². The highest BCUT2D eigenvalue weighted by atomic mass is 16.2. The maximum absolute atomic E-state index is 12.9. The standard InChI is InChI=1S/C15H22N6O/c1-18(2)10-12-5-9-21-13(4-7-16-21)11-20(12)15(22)14-6-8-19(3)17-14/h4,6-8,12H,5,9-11H2,1-3H3/t12-/m0/s1. The minimum absolute atomic E-state index is 0.0119. The second-order valence-electron chi connectivity index (χ2n) is 6.06. The zero-order valence-electron chi connectivity index (χ0n) is 13.3. The van der Waals surface area contributed by atoms with Crippen molar-refractivity contribution in [3.63, 3.8) is 0 Å². The number of aromatic nitrogens is 4. The lowest BCUT2D eigenvalue weighted by atomic mass is 10.1. The van der Waals surface area contributed by atoms with Crippen LogP contribution in [0.4, 0.5) is 0 Å². The van der Waals surface area contributed by atoms with Crippen LogP contribution in [0.5, 0.6) is 0 Å². The van der Waals surface area contributed by atoms with Crippen LogP contribution in [0.25, 0.3) is 0 Å². The lowest BCUT2D eigenvalue weighted by molar-refractivity contribution is 0.0620. The largest absolute Gasteiger partial charge is 0.327 e. The fourth-order valence-corrected chi connectivity index (χ4v) is 2.95. The number of nitrogens with zero attached hydrogens (tertiary/aromatic N) is 6. The van der Waals surface area contributed by atoms with Crippen LogP contribution in [0.3, 0.4) is 0 Å². The molecule has 0 N–H and O–H groups in total. The van der Waals surface area contributed by atoms with Gasteiger partial charge in [-0.25, -0.2) is 0 Å². The van der Waals surface area contributed by atoms with E-state index in [1.165, 1.54) is 0 Å². The SMILES string of the molecule is CN(C)C[C@@H]1CCn2nccc2CN1C(=O)c1ccn(C)n1. The first-order valence-electron chi connectivity index (χ1n) is 7.50. The molecule has 0 saturated carbocycles. The Balaban J connectivity index is 1.89. The predicted octanol–water partition coefficient (Wildman–Crippen LogP) is 0.593. The molecule has 0 radical (unpaired) electrons. The minimum atomic E-state index is -0.0119. The summed E-state index contributed by atoms with van der Waals surface area (Å²) in [6.07, 6.45) is 4.49. The van der Waals surface area contributed by atoms with Crippen molar-refractivity contribution in [3.8, 4) is 0 Å². The van der Waals surface area contributed by atoms with Gasteiger partial charge < -0.3 is 9.80 Å². The lowest BCUT2D eigenvalue weighted by Gasteiger charge is -2.31. The van der Waals surface area contributed by atoms with Crippen LogP contribution in [0.2, 0.25) is 0 Å². The second kappa shape index (κ2) is 5.92. The van der Waals surface area contributed by atoms with Crippen molar-refractivity contribution in [2.45, 2.75) is 25.6 Å². The number of hydrogen-bond donors (Lipinski definition) is 0. The van der Waals surface area contributed by atoms with Gasteiger partial charge in [0, 0.05) is 38.6 Å². The number of aryl methyl sites for hydroxylation is 2. The number of amides is 1. The van der Waals surface area contributed by atoms with Crippen LogP contribution in [-0.2, 0) is 20.1 Å². The molecule has 1 aliphatic rings. The monoisotopic (exact) mass is 302 g/mol. The maximum atomic E-state index is 12.9. The summed E-state index contributed by atoms with van der Waals surface area (Å²) in [5.41, 5.74) is 1.57. The van der Waals surface area contributed by atoms with Crippen molar-refractivity contribution >= 4 is 5.91 Å². The Labute approximate surface area is 130 Å². The van der Waals surface area contributed by atoms with Gasteiger partial charge in [0.15, 0.2) is 0 Å². The summed E-state index contributed by atoms with van der Waals surface area (Å²) in [4.78, 5) is 16.9. The number of fused-ring (bicyclic) bond motifs is 1. The maximum Gasteiger partial charge on any atom is 0.274 e. The highest BCUT2D eigenvalue weighted by Gasteiger charge is 2.30. The molecule has 1 aliphatic heterocycles. The Morgan fingerprint density at radius 1 is 1.41 bits per heavy atom. The third kappa shape index (κ3) is 2.89. The van der Waals surface area contributed by atoms with Gasteiger partial charge in [0.05, 0.1) is 12.2 Å². The van der Waals surface area contributed by atoms with Crippen molar-refractivity contribution in [1.29, 1.82) is 0 Å². The van der Waals surface area contributed by atoms with E-state index >= 15 is 0 Å². The van der Waals surface area contributed by atoms with E-state index in [0.717, 1.165) is 25.2 Å². The third-order valence-electron chi connectivity index (χ3n) is 4.02. The van der Waals surface area contributed by atoms with Crippen LogP contribution < -0.4 is 0 Å². The summed E-state index contributed by atoms with van der Waals surface area (Å²) in [5, 5.41) is 8.61. The number of hydrogen-bond acceptors (Lipinski definition) is 4. The van der Waals surface area contributed by atoms with Gasteiger partial charge in [-0.15, -0.1) is 0 Å². The van der Waals surface area contributed by atoms with Crippen molar-refractivity contribution in [2.24, 2.45) is 7.05 Å². The van der Waals surface area contributed by atoms with Crippen LogP contribution in [0.1, 0.15) is 22.6 Å². The Bertz CT molecular complexity index is 659. The zero-order valence-corrected chi connectivity index (χ0v) is 13.3. The van der Waals surface area contributed by atoms with E-state index in [2.05, 4.69) is 15.1 Å². The smallest absolute Gasteiger partial charge is 0.274 e.